The van der Waals surface area contributed by atoms with Gasteiger partial charge in [0.25, 0.3) is 0 Å². The SMILES string of the molecule is NCC(=O)[C@@]1(O)C=CC=CC1. The van der Waals surface area contributed by atoms with E-state index in [2.05, 4.69) is 0 Å². The maximum Gasteiger partial charge on any atom is 0.182 e. The molecule has 1 aliphatic carbocycles. The summed E-state index contributed by atoms with van der Waals surface area (Å²) in [6, 6.07) is 0. The highest BCUT2D eigenvalue weighted by Gasteiger charge is 2.30. The zero-order valence-electron chi connectivity index (χ0n) is 6.16. The van der Waals surface area contributed by atoms with Gasteiger partial charge < -0.3 is 10.8 Å². The first kappa shape index (κ1) is 8.17. The summed E-state index contributed by atoms with van der Waals surface area (Å²) in [5.41, 5.74) is 3.78. The molecule has 0 aromatic rings. The standard InChI is InChI=1S/C8H11NO2/c9-6-7(10)8(11)4-2-1-3-5-8/h1-4,11H,5-6,9H2/t8-/m1/s1. The second kappa shape index (κ2) is 2.98. The van der Waals surface area contributed by atoms with Gasteiger partial charge in [0.2, 0.25) is 0 Å². The Morgan fingerprint density at radius 1 is 1.64 bits per heavy atom. The quantitative estimate of drug-likeness (QED) is 0.575. The number of hydrogen-bond acceptors (Lipinski definition) is 3. The van der Waals surface area contributed by atoms with Crippen molar-refractivity contribution in [3.05, 3.63) is 24.3 Å². The Morgan fingerprint density at radius 2 is 2.36 bits per heavy atom. The van der Waals surface area contributed by atoms with Gasteiger partial charge in [0.15, 0.2) is 5.78 Å². The summed E-state index contributed by atoms with van der Waals surface area (Å²) in [5, 5.41) is 9.57. The average Bonchev–Trinajstić information content (AvgIpc) is 2.04. The molecule has 3 heteroatoms. The molecule has 0 saturated heterocycles. The third-order valence-electron chi connectivity index (χ3n) is 1.72. The van der Waals surface area contributed by atoms with Crippen LogP contribution in [-0.4, -0.2) is 23.0 Å². The zero-order valence-corrected chi connectivity index (χ0v) is 6.16. The van der Waals surface area contributed by atoms with Crippen molar-refractivity contribution < 1.29 is 9.90 Å². The second-order valence-corrected chi connectivity index (χ2v) is 2.54. The van der Waals surface area contributed by atoms with Crippen LogP contribution in [-0.2, 0) is 4.79 Å². The van der Waals surface area contributed by atoms with Crippen molar-refractivity contribution in [2.75, 3.05) is 6.54 Å². The minimum absolute atomic E-state index is 0.116. The van der Waals surface area contributed by atoms with Gasteiger partial charge in [-0.3, -0.25) is 4.79 Å². The molecule has 0 saturated carbocycles. The van der Waals surface area contributed by atoms with Gasteiger partial charge in [-0.15, -0.1) is 0 Å². The van der Waals surface area contributed by atoms with Crippen molar-refractivity contribution in [3.63, 3.8) is 0 Å². The molecule has 11 heavy (non-hydrogen) atoms. The minimum atomic E-state index is -1.34. The molecule has 3 nitrogen and oxygen atoms in total. The van der Waals surface area contributed by atoms with Gasteiger partial charge in [-0.25, -0.2) is 0 Å². The van der Waals surface area contributed by atoms with Gasteiger partial charge in [0.05, 0.1) is 6.54 Å². The van der Waals surface area contributed by atoms with Crippen LogP contribution in [0.1, 0.15) is 6.42 Å². The highest BCUT2D eigenvalue weighted by molar-refractivity contribution is 5.91. The molecule has 0 spiro atoms. The van der Waals surface area contributed by atoms with E-state index in [0.717, 1.165) is 0 Å². The second-order valence-electron chi connectivity index (χ2n) is 2.54. The predicted octanol–water partition coefficient (Wildman–Crippen LogP) is -0.239. The number of ketones is 1. The molecule has 60 valence electrons. The number of allylic oxidation sites excluding steroid dienone is 2. The van der Waals surface area contributed by atoms with Crippen LogP contribution >= 0.6 is 0 Å². The molecule has 1 aliphatic rings. The fourth-order valence-corrected chi connectivity index (χ4v) is 0.993. The van der Waals surface area contributed by atoms with Crippen molar-refractivity contribution in [2.24, 2.45) is 5.73 Å². The van der Waals surface area contributed by atoms with Crippen molar-refractivity contribution in [1.82, 2.24) is 0 Å². The molecule has 0 aromatic carbocycles. The molecule has 0 radical (unpaired) electrons. The van der Waals surface area contributed by atoms with E-state index >= 15 is 0 Å². The van der Waals surface area contributed by atoms with Gasteiger partial charge in [0.1, 0.15) is 5.60 Å². The van der Waals surface area contributed by atoms with E-state index in [1.54, 1.807) is 18.2 Å². The molecule has 0 heterocycles. The van der Waals surface area contributed by atoms with Crippen LogP contribution in [0.25, 0.3) is 0 Å². The number of carbonyl (C=O) groups excluding carboxylic acids is 1. The topological polar surface area (TPSA) is 63.3 Å². The Morgan fingerprint density at radius 3 is 2.82 bits per heavy atom. The summed E-state index contributed by atoms with van der Waals surface area (Å²) in [7, 11) is 0. The largest absolute Gasteiger partial charge is 0.378 e. The lowest BCUT2D eigenvalue weighted by molar-refractivity contribution is -0.131. The van der Waals surface area contributed by atoms with E-state index in [1.807, 2.05) is 0 Å². The van der Waals surface area contributed by atoms with E-state index in [9.17, 15) is 9.90 Å². The molecule has 1 rings (SSSR count). The predicted molar refractivity (Wildman–Crippen MR) is 41.9 cm³/mol. The number of rotatable bonds is 2. The maximum atomic E-state index is 11.0. The summed E-state index contributed by atoms with van der Waals surface area (Å²) >= 11 is 0. The molecule has 0 unspecified atom stereocenters. The van der Waals surface area contributed by atoms with Gasteiger partial charge >= 0.3 is 0 Å². The number of aliphatic hydroxyl groups is 1. The third-order valence-corrected chi connectivity index (χ3v) is 1.72. The molecule has 0 fully saturated rings. The Kier molecular flexibility index (Phi) is 2.22. The molecule has 0 aliphatic heterocycles. The highest BCUT2D eigenvalue weighted by Crippen LogP contribution is 2.17. The summed E-state index contributed by atoms with van der Waals surface area (Å²) in [6.45, 7) is -0.116. The Bertz CT molecular complexity index is 220. The highest BCUT2D eigenvalue weighted by atomic mass is 16.3. The van der Waals surface area contributed by atoms with Crippen LogP contribution in [0.3, 0.4) is 0 Å². The molecule has 3 N–H and O–H groups in total. The Hall–Kier alpha value is -0.930. The van der Waals surface area contributed by atoms with Crippen molar-refractivity contribution in [3.8, 4) is 0 Å². The summed E-state index contributed by atoms with van der Waals surface area (Å²) in [6.07, 6.45) is 6.99. The summed E-state index contributed by atoms with van der Waals surface area (Å²) in [4.78, 5) is 11.0. The fraction of sp³-hybridized carbons (Fsp3) is 0.375. The molecule has 0 bridgehead atoms. The normalized spacial score (nSPS) is 28.9. The lowest BCUT2D eigenvalue weighted by Gasteiger charge is -2.22. The summed E-state index contributed by atoms with van der Waals surface area (Å²) in [5.74, 6) is -0.335. The first-order chi connectivity index (χ1) is 5.19. The lowest BCUT2D eigenvalue weighted by Crippen LogP contribution is -2.41. The van der Waals surface area contributed by atoms with Crippen molar-refractivity contribution >= 4 is 5.78 Å². The summed E-state index contributed by atoms with van der Waals surface area (Å²) < 4.78 is 0. The van der Waals surface area contributed by atoms with Crippen LogP contribution in [0, 0.1) is 0 Å². The third kappa shape index (κ3) is 1.56. The van der Waals surface area contributed by atoms with Crippen LogP contribution in [0.2, 0.25) is 0 Å². The van der Waals surface area contributed by atoms with E-state index in [0.29, 0.717) is 6.42 Å². The Balaban J connectivity index is 2.75. The fourth-order valence-electron chi connectivity index (χ4n) is 0.993. The average molecular weight is 153 g/mol. The van der Waals surface area contributed by atoms with Crippen LogP contribution < -0.4 is 5.73 Å². The van der Waals surface area contributed by atoms with Crippen LogP contribution in [0.15, 0.2) is 24.3 Å². The minimum Gasteiger partial charge on any atom is -0.378 e. The molecule has 0 amide bonds. The smallest absolute Gasteiger partial charge is 0.182 e. The number of carbonyl (C=O) groups is 1. The van der Waals surface area contributed by atoms with Gasteiger partial charge in [-0.2, -0.15) is 0 Å². The number of nitrogens with two attached hydrogens (primary N) is 1. The number of Topliss-reactive ketones (excluding diaryl/α,β-unsaturated/α-hetero) is 1. The van der Waals surface area contributed by atoms with Gasteiger partial charge in [-0.1, -0.05) is 18.2 Å². The molecular weight excluding hydrogens is 142 g/mol. The van der Waals surface area contributed by atoms with E-state index in [1.165, 1.54) is 6.08 Å². The monoisotopic (exact) mass is 153 g/mol. The van der Waals surface area contributed by atoms with E-state index in [4.69, 9.17) is 5.73 Å². The zero-order chi connectivity index (χ0) is 8.32. The molecule has 0 aromatic heterocycles. The lowest BCUT2D eigenvalue weighted by atomic mass is 9.91. The molecular formula is C8H11NO2. The van der Waals surface area contributed by atoms with E-state index < -0.39 is 5.60 Å². The van der Waals surface area contributed by atoms with Crippen molar-refractivity contribution in [2.45, 2.75) is 12.0 Å². The first-order valence-corrected chi connectivity index (χ1v) is 3.49. The van der Waals surface area contributed by atoms with Crippen LogP contribution in [0.5, 0.6) is 0 Å². The number of hydrogen-bond donors (Lipinski definition) is 2. The van der Waals surface area contributed by atoms with E-state index in [-0.39, 0.29) is 12.3 Å². The molecule has 1 atom stereocenters. The van der Waals surface area contributed by atoms with Crippen molar-refractivity contribution in [1.29, 1.82) is 0 Å². The van der Waals surface area contributed by atoms with Gasteiger partial charge in [-0.05, 0) is 6.08 Å². The Labute approximate surface area is 65.2 Å². The first-order valence-electron chi connectivity index (χ1n) is 3.49. The maximum absolute atomic E-state index is 11.0. The van der Waals surface area contributed by atoms with Crippen LogP contribution in [0.4, 0.5) is 0 Å². The van der Waals surface area contributed by atoms with Gasteiger partial charge in [0, 0.05) is 6.42 Å².